The van der Waals surface area contributed by atoms with Gasteiger partial charge in [0.05, 0.1) is 5.69 Å². The minimum atomic E-state index is -0.646. The Morgan fingerprint density at radius 1 is 1.35 bits per heavy atom. The number of aryl methyl sites for hydroxylation is 2. The van der Waals surface area contributed by atoms with Crippen LogP contribution < -0.4 is 5.32 Å². The smallest absolute Gasteiger partial charge is 0.251 e. The van der Waals surface area contributed by atoms with Gasteiger partial charge in [0, 0.05) is 25.0 Å². The van der Waals surface area contributed by atoms with Gasteiger partial charge in [0.15, 0.2) is 0 Å². The molecular formula is C15H22N4O. The van der Waals surface area contributed by atoms with Crippen LogP contribution in [0.15, 0.2) is 24.5 Å². The number of hydrogen-bond donors (Lipinski definition) is 1. The van der Waals surface area contributed by atoms with Crippen molar-refractivity contribution in [1.29, 1.82) is 0 Å². The number of rotatable bonds is 4. The van der Waals surface area contributed by atoms with Gasteiger partial charge in [0.25, 0.3) is 5.91 Å². The topological polar surface area (TPSA) is 51.9 Å². The maximum Gasteiger partial charge on any atom is 0.251 e. The largest absolute Gasteiger partial charge is 0.340 e. The van der Waals surface area contributed by atoms with Crippen molar-refractivity contribution in [3.63, 3.8) is 0 Å². The molecule has 2 rings (SSSR count). The lowest BCUT2D eigenvalue weighted by Gasteiger charge is -2.26. The van der Waals surface area contributed by atoms with Crippen molar-refractivity contribution < 1.29 is 4.79 Å². The van der Waals surface area contributed by atoms with Crippen LogP contribution in [0.25, 0.3) is 0 Å². The SMILES string of the molecule is CCc1c(C)nn(C)c1NC(=O)C(C)(C)n1cccc1. The van der Waals surface area contributed by atoms with Gasteiger partial charge in [0.1, 0.15) is 11.4 Å². The maximum absolute atomic E-state index is 12.6. The lowest BCUT2D eigenvalue weighted by Crippen LogP contribution is -2.40. The van der Waals surface area contributed by atoms with Crippen LogP contribution in [0.4, 0.5) is 5.82 Å². The van der Waals surface area contributed by atoms with Crippen molar-refractivity contribution in [3.8, 4) is 0 Å². The van der Waals surface area contributed by atoms with Gasteiger partial charge in [-0.2, -0.15) is 5.10 Å². The molecule has 0 fully saturated rings. The predicted octanol–water partition coefficient (Wildman–Crippen LogP) is 2.47. The average molecular weight is 274 g/mol. The Bertz CT molecular complexity index is 608. The van der Waals surface area contributed by atoms with Crippen molar-refractivity contribution in [3.05, 3.63) is 35.8 Å². The number of anilines is 1. The van der Waals surface area contributed by atoms with E-state index in [1.165, 1.54) is 0 Å². The van der Waals surface area contributed by atoms with Gasteiger partial charge in [0.2, 0.25) is 0 Å². The number of nitrogens with one attached hydrogen (secondary N) is 1. The van der Waals surface area contributed by atoms with Crippen molar-refractivity contribution in [1.82, 2.24) is 14.3 Å². The van der Waals surface area contributed by atoms with Gasteiger partial charge >= 0.3 is 0 Å². The number of nitrogens with zero attached hydrogens (tertiary/aromatic N) is 3. The van der Waals surface area contributed by atoms with Gasteiger partial charge < -0.3 is 9.88 Å². The third-order valence-electron chi connectivity index (χ3n) is 3.74. The van der Waals surface area contributed by atoms with Crippen molar-refractivity contribution in [2.45, 2.75) is 39.7 Å². The van der Waals surface area contributed by atoms with E-state index in [0.29, 0.717) is 0 Å². The summed E-state index contributed by atoms with van der Waals surface area (Å²) in [5.41, 5.74) is 1.40. The second kappa shape index (κ2) is 5.15. The molecule has 0 radical (unpaired) electrons. The molecule has 0 atom stereocenters. The maximum atomic E-state index is 12.6. The summed E-state index contributed by atoms with van der Waals surface area (Å²) in [5, 5.41) is 7.39. The zero-order chi connectivity index (χ0) is 14.9. The molecule has 0 spiro atoms. The molecule has 108 valence electrons. The van der Waals surface area contributed by atoms with E-state index in [2.05, 4.69) is 17.3 Å². The van der Waals surface area contributed by atoms with Crippen LogP contribution >= 0.6 is 0 Å². The highest BCUT2D eigenvalue weighted by atomic mass is 16.2. The fourth-order valence-corrected chi connectivity index (χ4v) is 2.37. The van der Waals surface area contributed by atoms with E-state index < -0.39 is 5.54 Å². The van der Waals surface area contributed by atoms with Gasteiger partial charge in [-0.25, -0.2) is 0 Å². The Hall–Kier alpha value is -2.04. The normalized spacial score (nSPS) is 11.7. The van der Waals surface area contributed by atoms with Crippen LogP contribution in [0, 0.1) is 6.92 Å². The fourth-order valence-electron chi connectivity index (χ4n) is 2.37. The lowest BCUT2D eigenvalue weighted by atomic mass is 10.0. The van der Waals surface area contributed by atoms with Crippen molar-refractivity contribution in [2.75, 3.05) is 5.32 Å². The zero-order valence-electron chi connectivity index (χ0n) is 12.8. The third kappa shape index (κ3) is 2.35. The van der Waals surface area contributed by atoms with E-state index in [4.69, 9.17) is 0 Å². The zero-order valence-corrected chi connectivity index (χ0v) is 12.8. The highest BCUT2D eigenvalue weighted by molar-refractivity contribution is 5.96. The van der Waals surface area contributed by atoms with Crippen molar-refractivity contribution >= 4 is 11.7 Å². The summed E-state index contributed by atoms with van der Waals surface area (Å²) in [6.07, 6.45) is 4.64. The van der Waals surface area contributed by atoms with Gasteiger partial charge in [-0.05, 0) is 39.3 Å². The summed E-state index contributed by atoms with van der Waals surface area (Å²) in [5.74, 6) is 0.738. The molecule has 20 heavy (non-hydrogen) atoms. The van der Waals surface area contributed by atoms with Crippen LogP contribution in [0.3, 0.4) is 0 Å². The van der Waals surface area contributed by atoms with Crippen LogP contribution in [-0.4, -0.2) is 20.3 Å². The Balaban J connectivity index is 2.29. The molecule has 5 nitrogen and oxygen atoms in total. The molecule has 5 heteroatoms. The number of aromatic nitrogens is 3. The van der Waals surface area contributed by atoms with Gasteiger partial charge in [-0.15, -0.1) is 0 Å². The van der Waals surface area contributed by atoms with E-state index in [9.17, 15) is 4.79 Å². The molecule has 0 aliphatic rings. The number of carbonyl (C=O) groups excluding carboxylic acids is 1. The number of amides is 1. The lowest BCUT2D eigenvalue weighted by molar-refractivity contribution is -0.123. The number of carbonyl (C=O) groups is 1. The van der Waals surface area contributed by atoms with E-state index in [-0.39, 0.29) is 5.91 Å². The highest BCUT2D eigenvalue weighted by Crippen LogP contribution is 2.23. The molecule has 0 aliphatic carbocycles. The van der Waals surface area contributed by atoms with Gasteiger partial charge in [-0.3, -0.25) is 9.48 Å². The van der Waals surface area contributed by atoms with Crippen LogP contribution in [0.5, 0.6) is 0 Å². The molecule has 2 aromatic rings. The van der Waals surface area contributed by atoms with Crippen LogP contribution in [-0.2, 0) is 23.8 Å². The fraction of sp³-hybridized carbons (Fsp3) is 0.467. The molecule has 0 aromatic carbocycles. The second-order valence-electron chi connectivity index (χ2n) is 5.49. The summed E-state index contributed by atoms with van der Waals surface area (Å²) in [6, 6.07) is 3.83. The second-order valence-corrected chi connectivity index (χ2v) is 5.49. The summed E-state index contributed by atoms with van der Waals surface area (Å²) in [7, 11) is 1.85. The summed E-state index contributed by atoms with van der Waals surface area (Å²) >= 11 is 0. The Morgan fingerprint density at radius 3 is 2.50 bits per heavy atom. The molecule has 0 saturated heterocycles. The van der Waals surface area contributed by atoms with Crippen LogP contribution in [0.2, 0.25) is 0 Å². The molecule has 0 bridgehead atoms. The molecule has 0 saturated carbocycles. The Morgan fingerprint density at radius 2 is 1.95 bits per heavy atom. The summed E-state index contributed by atoms with van der Waals surface area (Å²) in [6.45, 7) is 7.83. The molecule has 0 unspecified atom stereocenters. The van der Waals surface area contributed by atoms with E-state index in [0.717, 1.165) is 23.5 Å². The molecule has 1 amide bonds. The first-order valence-corrected chi connectivity index (χ1v) is 6.85. The third-order valence-corrected chi connectivity index (χ3v) is 3.74. The van der Waals surface area contributed by atoms with Crippen LogP contribution in [0.1, 0.15) is 32.0 Å². The average Bonchev–Trinajstić information content (AvgIpc) is 2.99. The molecule has 1 N–H and O–H groups in total. The molecule has 2 heterocycles. The Labute approximate surface area is 119 Å². The van der Waals surface area contributed by atoms with E-state index in [1.54, 1.807) is 4.68 Å². The van der Waals surface area contributed by atoms with E-state index in [1.807, 2.05) is 56.9 Å². The summed E-state index contributed by atoms with van der Waals surface area (Å²) < 4.78 is 3.63. The predicted molar refractivity (Wildman–Crippen MR) is 79.7 cm³/mol. The minimum Gasteiger partial charge on any atom is -0.340 e. The molecular weight excluding hydrogens is 252 g/mol. The minimum absolute atomic E-state index is 0.0496. The van der Waals surface area contributed by atoms with Gasteiger partial charge in [-0.1, -0.05) is 6.92 Å². The standard InChI is InChI=1S/C15H22N4O/c1-6-12-11(2)17-18(5)13(12)16-14(20)15(3,4)19-9-7-8-10-19/h7-10H,6H2,1-5H3,(H,16,20). The molecule has 0 aliphatic heterocycles. The van der Waals surface area contributed by atoms with Crippen molar-refractivity contribution in [2.24, 2.45) is 7.05 Å². The summed E-state index contributed by atoms with van der Waals surface area (Å²) in [4.78, 5) is 12.6. The first kappa shape index (κ1) is 14.4. The molecule has 2 aromatic heterocycles. The quantitative estimate of drug-likeness (QED) is 0.931. The highest BCUT2D eigenvalue weighted by Gasteiger charge is 2.30. The Kier molecular flexibility index (Phi) is 3.70. The monoisotopic (exact) mass is 274 g/mol. The first-order valence-electron chi connectivity index (χ1n) is 6.85. The first-order chi connectivity index (χ1) is 9.37. The number of hydrogen-bond acceptors (Lipinski definition) is 2. The van der Waals surface area contributed by atoms with E-state index >= 15 is 0 Å².